The molecule has 11 heteroatoms. The molecule has 13 atom stereocenters. The molecule has 0 aromatic rings. The van der Waals surface area contributed by atoms with E-state index in [1.807, 2.05) is 6.92 Å². The largest absolute Gasteiger partial charge is 0.481 e. The topological polar surface area (TPSA) is 150 Å². The molecule has 8 aliphatic rings. The Labute approximate surface area is 239 Å². The number of carboxylic acids is 1. The van der Waals surface area contributed by atoms with Crippen molar-refractivity contribution in [3.63, 3.8) is 0 Å². The third-order valence-electron chi connectivity index (χ3n) is 13.1. The van der Waals surface area contributed by atoms with Crippen molar-refractivity contribution in [2.24, 2.45) is 28.6 Å². The molecule has 8 fully saturated rings. The number of carbonyl (C=O) groups is 2. The number of fused-ring (bicyclic) bond motifs is 6. The van der Waals surface area contributed by atoms with Gasteiger partial charge in [-0.1, -0.05) is 0 Å². The second-order valence-corrected chi connectivity index (χ2v) is 14.5. The highest BCUT2D eigenvalue weighted by Crippen LogP contribution is 2.73. The van der Waals surface area contributed by atoms with Gasteiger partial charge in [-0.05, 0) is 70.1 Å². The number of ether oxygens (including phenoxy) is 6. The average molecular weight is 579 g/mol. The predicted octanol–water partition coefficient (Wildman–Crippen LogP) is 1.90. The standard InChI is InChI=1S/C30H42O11/c1-16-10-20-23(38-15-37-20)24(40-16)41-17-2-8-29(25(32)33)18-3-6-26-13-39-27(12-22(31)36-14-27)21(26)5-9-30(26,35)19(18)4-7-28(29,34)11-17/h16-21,23-24,34-35H,2-15H2,1H3,(H,32,33)/t16-,17+,18+,19-,20-,21-,23-,24+,26+,27+,28+,29-,30+/m1/s1. The molecule has 11 nitrogen and oxygen atoms in total. The first-order chi connectivity index (χ1) is 19.6. The summed E-state index contributed by atoms with van der Waals surface area (Å²) in [5.41, 5.74) is -5.14. The molecular weight excluding hydrogens is 536 g/mol. The lowest BCUT2D eigenvalue weighted by Gasteiger charge is -2.65. The third kappa shape index (κ3) is 3.40. The second kappa shape index (κ2) is 8.86. The Balaban J connectivity index is 1.06. The van der Waals surface area contributed by atoms with E-state index in [-0.39, 0.29) is 87.2 Å². The fourth-order valence-electron chi connectivity index (χ4n) is 11.4. The second-order valence-electron chi connectivity index (χ2n) is 14.5. The average Bonchev–Trinajstić information content (AvgIpc) is 3.68. The smallest absolute Gasteiger partial charge is 0.312 e. The lowest BCUT2D eigenvalue weighted by molar-refractivity contribution is -0.292. The number of rotatable bonds is 3. The Morgan fingerprint density at radius 1 is 1.00 bits per heavy atom. The molecule has 4 saturated carbocycles. The van der Waals surface area contributed by atoms with Crippen molar-refractivity contribution in [3.05, 3.63) is 0 Å². The summed E-state index contributed by atoms with van der Waals surface area (Å²) in [6.45, 7) is 2.76. The van der Waals surface area contributed by atoms with Crippen molar-refractivity contribution in [1.82, 2.24) is 0 Å². The fourth-order valence-corrected chi connectivity index (χ4v) is 11.4. The van der Waals surface area contributed by atoms with Gasteiger partial charge in [0.15, 0.2) is 6.29 Å². The van der Waals surface area contributed by atoms with E-state index >= 15 is 0 Å². The lowest BCUT2D eigenvalue weighted by Crippen LogP contribution is -2.71. The molecule has 0 amide bonds. The molecule has 0 aromatic carbocycles. The van der Waals surface area contributed by atoms with Gasteiger partial charge in [-0.2, -0.15) is 0 Å². The monoisotopic (exact) mass is 578 g/mol. The third-order valence-corrected chi connectivity index (χ3v) is 13.1. The van der Waals surface area contributed by atoms with Crippen LogP contribution in [0.5, 0.6) is 0 Å². The van der Waals surface area contributed by atoms with Crippen LogP contribution in [0.2, 0.25) is 0 Å². The molecule has 0 bridgehead atoms. The summed E-state index contributed by atoms with van der Waals surface area (Å²) in [6, 6.07) is 0. The summed E-state index contributed by atoms with van der Waals surface area (Å²) in [6.07, 6.45) is 3.72. The van der Waals surface area contributed by atoms with E-state index in [1.54, 1.807) is 0 Å². The van der Waals surface area contributed by atoms with E-state index in [0.29, 0.717) is 38.7 Å². The van der Waals surface area contributed by atoms with Crippen molar-refractivity contribution >= 4 is 11.9 Å². The zero-order valence-electron chi connectivity index (χ0n) is 23.6. The zero-order valence-corrected chi connectivity index (χ0v) is 23.6. The Bertz CT molecular complexity index is 1130. The molecular formula is C30H42O11. The maximum atomic E-state index is 13.3. The Kier molecular flexibility index (Phi) is 5.88. The van der Waals surface area contributed by atoms with Gasteiger partial charge in [-0.25, -0.2) is 0 Å². The Hall–Kier alpha value is -1.34. The van der Waals surface area contributed by atoms with Crippen LogP contribution in [-0.2, 0) is 38.0 Å². The van der Waals surface area contributed by atoms with E-state index in [0.717, 1.165) is 12.8 Å². The summed E-state index contributed by atoms with van der Waals surface area (Å²) in [4.78, 5) is 25.4. The molecule has 2 spiro atoms. The number of cyclic esters (lactones) is 1. The highest BCUT2D eigenvalue weighted by Gasteiger charge is 2.78. The quantitative estimate of drug-likeness (QED) is 0.333. The molecule has 0 radical (unpaired) electrons. The van der Waals surface area contributed by atoms with Gasteiger partial charge in [0.05, 0.1) is 48.0 Å². The summed E-state index contributed by atoms with van der Waals surface area (Å²) in [5, 5.41) is 35.7. The van der Waals surface area contributed by atoms with Crippen molar-refractivity contribution in [2.45, 2.75) is 125 Å². The maximum Gasteiger partial charge on any atom is 0.312 e. The van der Waals surface area contributed by atoms with Crippen LogP contribution in [0.25, 0.3) is 0 Å². The van der Waals surface area contributed by atoms with Crippen molar-refractivity contribution < 1.29 is 53.3 Å². The minimum atomic E-state index is -1.46. The molecule has 4 aliphatic carbocycles. The number of carbonyl (C=O) groups excluding carboxylic acids is 1. The van der Waals surface area contributed by atoms with Crippen LogP contribution in [0, 0.1) is 28.6 Å². The number of hydrogen-bond acceptors (Lipinski definition) is 10. The minimum Gasteiger partial charge on any atom is -0.481 e. The summed E-state index contributed by atoms with van der Waals surface area (Å²) >= 11 is 0. The van der Waals surface area contributed by atoms with Gasteiger partial charge in [0.2, 0.25) is 0 Å². The Morgan fingerprint density at radius 3 is 2.61 bits per heavy atom. The molecule has 228 valence electrons. The first kappa shape index (κ1) is 27.2. The molecule has 0 aromatic heterocycles. The van der Waals surface area contributed by atoms with E-state index in [9.17, 15) is 24.9 Å². The Morgan fingerprint density at radius 2 is 1.83 bits per heavy atom. The number of aliphatic carboxylic acids is 1. The lowest BCUT2D eigenvalue weighted by atomic mass is 9.41. The van der Waals surface area contributed by atoms with Gasteiger partial charge in [0, 0.05) is 24.2 Å². The van der Waals surface area contributed by atoms with Gasteiger partial charge in [0.1, 0.15) is 25.1 Å². The van der Waals surface area contributed by atoms with Crippen molar-refractivity contribution in [3.8, 4) is 0 Å². The molecule has 8 rings (SSSR count). The minimum absolute atomic E-state index is 0.00150. The van der Waals surface area contributed by atoms with Crippen LogP contribution in [0.4, 0.5) is 0 Å². The van der Waals surface area contributed by atoms with Crippen LogP contribution < -0.4 is 0 Å². The SMILES string of the molecule is C[C@@H]1C[C@H]2OCO[C@H]2[C@H](O[C@H]2CC[C@]3(C(=O)O)[C@H]4CC[C@]56CO[C@@]7(COC(=O)C7)[C@@H]5CC[C@]6(O)[C@@H]4CC[C@]3(O)C2)O1. The van der Waals surface area contributed by atoms with Crippen LogP contribution in [0.1, 0.15) is 77.6 Å². The van der Waals surface area contributed by atoms with Gasteiger partial charge in [-0.15, -0.1) is 0 Å². The molecule has 4 heterocycles. The highest BCUT2D eigenvalue weighted by molar-refractivity contribution is 5.78. The van der Waals surface area contributed by atoms with Crippen LogP contribution >= 0.6 is 0 Å². The first-order valence-corrected chi connectivity index (χ1v) is 15.6. The number of hydrogen-bond donors (Lipinski definition) is 3. The summed E-state index contributed by atoms with van der Waals surface area (Å²) < 4.78 is 35.6. The molecule has 4 saturated heterocycles. The normalized spacial score (nSPS) is 57.4. The van der Waals surface area contributed by atoms with Crippen LogP contribution in [0.3, 0.4) is 0 Å². The predicted molar refractivity (Wildman–Crippen MR) is 137 cm³/mol. The van der Waals surface area contributed by atoms with Crippen LogP contribution in [0.15, 0.2) is 0 Å². The molecule has 3 N–H and O–H groups in total. The zero-order chi connectivity index (χ0) is 28.4. The summed E-state index contributed by atoms with van der Waals surface area (Å²) in [7, 11) is 0. The van der Waals surface area contributed by atoms with E-state index in [2.05, 4.69) is 0 Å². The maximum absolute atomic E-state index is 13.3. The van der Waals surface area contributed by atoms with Gasteiger partial charge < -0.3 is 43.7 Å². The number of esters is 1. The molecule has 41 heavy (non-hydrogen) atoms. The van der Waals surface area contributed by atoms with Crippen molar-refractivity contribution in [2.75, 3.05) is 20.0 Å². The van der Waals surface area contributed by atoms with Gasteiger partial charge >= 0.3 is 11.9 Å². The number of aliphatic hydroxyl groups is 2. The van der Waals surface area contributed by atoms with Crippen molar-refractivity contribution in [1.29, 1.82) is 0 Å². The molecule has 4 aliphatic heterocycles. The summed E-state index contributed by atoms with van der Waals surface area (Å²) in [5.74, 6) is -1.87. The first-order valence-electron chi connectivity index (χ1n) is 15.6. The van der Waals surface area contributed by atoms with E-state index in [4.69, 9.17) is 28.4 Å². The van der Waals surface area contributed by atoms with E-state index in [1.165, 1.54) is 0 Å². The van der Waals surface area contributed by atoms with Gasteiger partial charge in [0.25, 0.3) is 0 Å². The van der Waals surface area contributed by atoms with Crippen LogP contribution in [-0.4, -0.2) is 94.8 Å². The molecule has 0 unspecified atom stereocenters. The highest BCUT2D eigenvalue weighted by atomic mass is 16.8. The van der Waals surface area contributed by atoms with Gasteiger partial charge in [-0.3, -0.25) is 9.59 Å². The fraction of sp³-hybridized carbons (Fsp3) is 0.933. The van der Waals surface area contributed by atoms with E-state index < -0.39 is 39.9 Å². The number of carboxylic acid groups (broad SMARTS) is 1.